The number of hydrogen-bond acceptors (Lipinski definition) is 6. The second kappa shape index (κ2) is 7.21. The van der Waals surface area contributed by atoms with Crippen molar-refractivity contribution in [3.63, 3.8) is 0 Å². The van der Waals surface area contributed by atoms with Gasteiger partial charge in [-0.1, -0.05) is 11.8 Å². The molecule has 0 unspecified atom stereocenters. The largest absolute Gasteiger partial charge is 0.355 e. The topological polar surface area (TPSA) is 67.2 Å². The van der Waals surface area contributed by atoms with E-state index in [1.54, 1.807) is 28.8 Å². The van der Waals surface area contributed by atoms with Gasteiger partial charge in [0.1, 0.15) is 5.82 Å². The summed E-state index contributed by atoms with van der Waals surface area (Å²) >= 11 is 1.55. The van der Waals surface area contributed by atoms with Crippen LogP contribution in [0.2, 0.25) is 0 Å². The smallest absolute Gasteiger partial charge is 0.257 e. The summed E-state index contributed by atoms with van der Waals surface area (Å²) in [6.07, 6.45) is 6.30. The first kappa shape index (κ1) is 16.8. The predicted octanol–water partition coefficient (Wildman–Crippen LogP) is 1.59. The molecular weight excluding hydrogens is 324 g/mol. The number of aromatic nitrogens is 4. The third-order valence-electron chi connectivity index (χ3n) is 4.06. The highest BCUT2D eigenvalue weighted by Gasteiger charge is 2.22. The Hall–Kier alpha value is -2.09. The second-order valence-corrected chi connectivity index (χ2v) is 6.66. The molecule has 3 heterocycles. The van der Waals surface area contributed by atoms with Crippen LogP contribution in [0.25, 0.3) is 0 Å². The molecule has 0 atom stereocenters. The quantitative estimate of drug-likeness (QED) is 0.621. The lowest BCUT2D eigenvalue weighted by Gasteiger charge is -2.23. The summed E-state index contributed by atoms with van der Waals surface area (Å²) in [5.41, 5.74) is 1.62. The second-order valence-electron chi connectivity index (χ2n) is 5.89. The van der Waals surface area contributed by atoms with E-state index in [-0.39, 0.29) is 5.91 Å². The van der Waals surface area contributed by atoms with Crippen molar-refractivity contribution in [2.75, 3.05) is 37.3 Å². The van der Waals surface area contributed by atoms with Crippen LogP contribution in [-0.2, 0) is 7.05 Å². The number of thioether (sulfide) groups is 1. The van der Waals surface area contributed by atoms with Crippen molar-refractivity contribution in [1.82, 2.24) is 24.6 Å². The van der Waals surface area contributed by atoms with Gasteiger partial charge in [0, 0.05) is 51.2 Å². The number of hydrogen-bond donors (Lipinski definition) is 0. The van der Waals surface area contributed by atoms with E-state index in [0.717, 1.165) is 42.7 Å². The van der Waals surface area contributed by atoms with Crippen LogP contribution in [0.3, 0.4) is 0 Å². The fourth-order valence-electron chi connectivity index (χ4n) is 2.84. The van der Waals surface area contributed by atoms with Gasteiger partial charge in [0.05, 0.1) is 11.8 Å². The van der Waals surface area contributed by atoms with Gasteiger partial charge < -0.3 is 9.80 Å². The van der Waals surface area contributed by atoms with Gasteiger partial charge in [-0.05, 0) is 19.6 Å². The van der Waals surface area contributed by atoms with Crippen LogP contribution in [0, 0.1) is 6.92 Å². The van der Waals surface area contributed by atoms with Gasteiger partial charge in [-0.15, -0.1) is 0 Å². The first-order valence-corrected chi connectivity index (χ1v) is 9.22. The predicted molar refractivity (Wildman–Crippen MR) is 94.5 cm³/mol. The van der Waals surface area contributed by atoms with Gasteiger partial charge in [-0.3, -0.25) is 9.48 Å². The zero-order valence-electron chi connectivity index (χ0n) is 14.3. The molecule has 128 valence electrons. The maximum Gasteiger partial charge on any atom is 0.257 e. The maximum absolute atomic E-state index is 12.6. The van der Waals surface area contributed by atoms with Gasteiger partial charge in [-0.25, -0.2) is 9.97 Å². The van der Waals surface area contributed by atoms with Crippen LogP contribution in [0.4, 0.5) is 5.82 Å². The highest BCUT2D eigenvalue weighted by molar-refractivity contribution is 7.98. The Kier molecular flexibility index (Phi) is 5.03. The number of anilines is 1. The molecule has 0 N–H and O–H groups in total. The normalized spacial score (nSPS) is 15.5. The average Bonchev–Trinajstić information content (AvgIpc) is 2.86. The molecule has 8 heteroatoms. The number of nitrogens with zero attached hydrogens (tertiary/aromatic N) is 6. The van der Waals surface area contributed by atoms with Crippen molar-refractivity contribution in [3.05, 3.63) is 29.7 Å². The van der Waals surface area contributed by atoms with Crippen molar-refractivity contribution in [3.8, 4) is 0 Å². The van der Waals surface area contributed by atoms with Crippen LogP contribution in [0.5, 0.6) is 0 Å². The molecule has 0 aliphatic carbocycles. The van der Waals surface area contributed by atoms with Gasteiger partial charge in [0.15, 0.2) is 5.16 Å². The molecule has 1 saturated heterocycles. The Morgan fingerprint density at radius 3 is 2.75 bits per heavy atom. The summed E-state index contributed by atoms with van der Waals surface area (Å²) < 4.78 is 1.66. The Morgan fingerprint density at radius 1 is 1.21 bits per heavy atom. The molecule has 0 saturated carbocycles. The van der Waals surface area contributed by atoms with E-state index in [9.17, 15) is 4.79 Å². The highest BCUT2D eigenvalue weighted by atomic mass is 32.2. The van der Waals surface area contributed by atoms with E-state index in [2.05, 4.69) is 20.0 Å². The van der Waals surface area contributed by atoms with E-state index in [1.165, 1.54) is 0 Å². The van der Waals surface area contributed by atoms with Crippen molar-refractivity contribution < 1.29 is 4.79 Å². The molecule has 3 rings (SSSR count). The summed E-state index contributed by atoms with van der Waals surface area (Å²) in [7, 11) is 1.82. The summed E-state index contributed by atoms with van der Waals surface area (Å²) in [5.74, 6) is 0.996. The molecule has 7 nitrogen and oxygen atoms in total. The van der Waals surface area contributed by atoms with E-state index in [4.69, 9.17) is 0 Å². The highest BCUT2D eigenvalue weighted by Crippen LogP contribution is 2.19. The van der Waals surface area contributed by atoms with Crippen molar-refractivity contribution >= 4 is 23.5 Å². The summed E-state index contributed by atoms with van der Waals surface area (Å²) in [5, 5.41) is 4.88. The van der Waals surface area contributed by atoms with Crippen LogP contribution in [-0.4, -0.2) is 63.0 Å². The lowest BCUT2D eigenvalue weighted by atomic mass is 10.3. The van der Waals surface area contributed by atoms with Gasteiger partial charge in [-0.2, -0.15) is 5.10 Å². The minimum absolute atomic E-state index is 0.0496. The number of amides is 1. The molecule has 24 heavy (non-hydrogen) atoms. The van der Waals surface area contributed by atoms with Crippen molar-refractivity contribution in [2.45, 2.75) is 18.5 Å². The molecule has 0 bridgehead atoms. The minimum atomic E-state index is 0.0496. The molecule has 0 radical (unpaired) electrons. The molecule has 1 fully saturated rings. The monoisotopic (exact) mass is 346 g/mol. The van der Waals surface area contributed by atoms with E-state index in [1.807, 2.05) is 31.2 Å². The summed E-state index contributed by atoms with van der Waals surface area (Å²) in [6.45, 7) is 5.09. The Labute approximate surface area is 146 Å². The van der Waals surface area contributed by atoms with Crippen LogP contribution in [0.1, 0.15) is 22.5 Å². The van der Waals surface area contributed by atoms with Crippen LogP contribution >= 0.6 is 11.8 Å². The Morgan fingerprint density at radius 2 is 2.04 bits per heavy atom. The molecule has 2 aromatic rings. The standard InChI is InChI=1S/C16H22N6OS/c1-12-9-14(19-16(18-12)24-3)21-5-4-6-22(8-7-21)15(23)13-10-17-20(2)11-13/h9-11H,4-8H2,1-3H3. The lowest BCUT2D eigenvalue weighted by molar-refractivity contribution is 0.0767. The number of aryl methyl sites for hydroxylation is 2. The fourth-order valence-corrected chi connectivity index (χ4v) is 3.26. The number of carbonyl (C=O) groups is 1. The lowest BCUT2D eigenvalue weighted by Crippen LogP contribution is -2.35. The maximum atomic E-state index is 12.6. The fraction of sp³-hybridized carbons (Fsp3) is 0.500. The van der Waals surface area contributed by atoms with E-state index >= 15 is 0 Å². The zero-order valence-corrected chi connectivity index (χ0v) is 15.1. The molecule has 1 aliphatic heterocycles. The minimum Gasteiger partial charge on any atom is -0.355 e. The van der Waals surface area contributed by atoms with Crippen LogP contribution < -0.4 is 4.90 Å². The van der Waals surface area contributed by atoms with Gasteiger partial charge in [0.25, 0.3) is 5.91 Å². The third-order valence-corrected chi connectivity index (χ3v) is 4.61. The van der Waals surface area contributed by atoms with E-state index < -0.39 is 0 Å². The third kappa shape index (κ3) is 3.69. The summed E-state index contributed by atoms with van der Waals surface area (Å²) in [6, 6.07) is 2.01. The van der Waals surface area contributed by atoms with Crippen molar-refractivity contribution in [2.24, 2.45) is 7.05 Å². The first-order chi connectivity index (χ1) is 11.6. The molecule has 1 aliphatic rings. The van der Waals surface area contributed by atoms with Gasteiger partial charge in [0.2, 0.25) is 0 Å². The van der Waals surface area contributed by atoms with Crippen molar-refractivity contribution in [1.29, 1.82) is 0 Å². The summed E-state index contributed by atoms with van der Waals surface area (Å²) in [4.78, 5) is 25.7. The van der Waals surface area contributed by atoms with Crippen LogP contribution in [0.15, 0.2) is 23.6 Å². The molecule has 0 spiro atoms. The molecular formula is C16H22N6OS. The molecule has 1 amide bonds. The average molecular weight is 346 g/mol. The van der Waals surface area contributed by atoms with Gasteiger partial charge >= 0.3 is 0 Å². The Balaban J connectivity index is 1.71. The number of rotatable bonds is 3. The molecule has 0 aromatic carbocycles. The SMILES string of the molecule is CSc1nc(C)cc(N2CCCN(C(=O)c3cnn(C)c3)CC2)n1. The zero-order chi connectivity index (χ0) is 17.1. The Bertz CT molecular complexity index is 731. The first-order valence-electron chi connectivity index (χ1n) is 7.99. The molecule has 2 aromatic heterocycles. The number of carbonyl (C=O) groups excluding carboxylic acids is 1. The van der Waals surface area contributed by atoms with E-state index in [0.29, 0.717) is 12.1 Å².